The van der Waals surface area contributed by atoms with Crippen LogP contribution in [0.1, 0.15) is 194 Å². The number of allylic oxidation sites excluding steroid dienone is 6. The van der Waals surface area contributed by atoms with Crippen LogP contribution in [-0.2, 0) is 14.3 Å². The molecular weight excluding hydrogens is 751 g/mol. The van der Waals surface area contributed by atoms with Gasteiger partial charge in [0.25, 0.3) is 0 Å². The van der Waals surface area contributed by atoms with Gasteiger partial charge in [0.05, 0.1) is 25.4 Å². The summed E-state index contributed by atoms with van der Waals surface area (Å²) in [4.78, 5) is 13.1. The second-order valence-electron chi connectivity index (χ2n) is 16.8. The number of ether oxygens (including phenoxy) is 2. The first-order valence-corrected chi connectivity index (χ1v) is 23.9. The van der Waals surface area contributed by atoms with Crippen LogP contribution in [0.3, 0.4) is 0 Å². The molecule has 9 unspecified atom stereocenters. The minimum atomic E-state index is -1.67. The Bertz CT molecular complexity index is 1050. The number of aliphatic hydroxyl groups is 7. The zero-order valence-corrected chi connectivity index (χ0v) is 37.2. The van der Waals surface area contributed by atoms with Crippen molar-refractivity contribution in [3.63, 3.8) is 0 Å². The number of nitrogens with one attached hydrogen (secondary N) is 1. The van der Waals surface area contributed by atoms with Gasteiger partial charge in [-0.2, -0.15) is 0 Å². The zero-order chi connectivity index (χ0) is 43.4. The molecule has 1 fully saturated rings. The fourth-order valence-electron chi connectivity index (χ4n) is 7.38. The fourth-order valence-corrected chi connectivity index (χ4v) is 7.38. The van der Waals surface area contributed by atoms with Crippen LogP contribution in [0.2, 0.25) is 0 Å². The summed E-state index contributed by atoms with van der Waals surface area (Å²) in [5, 5.41) is 75.5. The average Bonchev–Trinajstić information content (AvgIpc) is 3.23. The van der Waals surface area contributed by atoms with Crippen molar-refractivity contribution < 1.29 is 50.0 Å². The van der Waals surface area contributed by atoms with Gasteiger partial charge in [0.15, 0.2) is 6.29 Å². The van der Waals surface area contributed by atoms with Crippen LogP contribution in [0, 0.1) is 0 Å². The molecule has 8 N–H and O–H groups in total. The highest BCUT2D eigenvalue weighted by Gasteiger charge is 2.44. The highest BCUT2D eigenvalue weighted by Crippen LogP contribution is 2.23. The normalized spacial score (nSPS) is 22.1. The van der Waals surface area contributed by atoms with Crippen LogP contribution < -0.4 is 5.32 Å². The average molecular weight is 840 g/mol. The van der Waals surface area contributed by atoms with Gasteiger partial charge in [0.2, 0.25) is 5.91 Å². The van der Waals surface area contributed by atoms with Gasteiger partial charge >= 0.3 is 0 Å². The lowest BCUT2D eigenvalue weighted by Crippen LogP contribution is -2.60. The number of hydrogen-bond donors (Lipinski definition) is 8. The molecule has 59 heavy (non-hydrogen) atoms. The second kappa shape index (κ2) is 38.0. The predicted molar refractivity (Wildman–Crippen MR) is 238 cm³/mol. The summed E-state index contributed by atoms with van der Waals surface area (Å²) in [7, 11) is 0. The van der Waals surface area contributed by atoms with E-state index < -0.39 is 74.2 Å². The lowest BCUT2D eigenvalue weighted by molar-refractivity contribution is -0.303. The van der Waals surface area contributed by atoms with E-state index in [1.807, 2.05) is 0 Å². The number of carbonyl (C=O) groups is 1. The maximum Gasteiger partial charge on any atom is 0.249 e. The van der Waals surface area contributed by atoms with Crippen molar-refractivity contribution in [2.75, 3.05) is 13.2 Å². The predicted octanol–water partition coefficient (Wildman–Crippen LogP) is 8.00. The molecule has 1 rings (SSSR count). The molecule has 1 aliphatic rings. The van der Waals surface area contributed by atoms with Gasteiger partial charge in [-0.25, -0.2) is 0 Å². The van der Waals surface area contributed by atoms with Crippen molar-refractivity contribution in [3.05, 3.63) is 36.5 Å². The molecule has 0 saturated carbocycles. The van der Waals surface area contributed by atoms with Gasteiger partial charge in [-0.15, -0.1) is 0 Å². The molecule has 1 heterocycles. The number of amides is 1. The van der Waals surface area contributed by atoms with E-state index in [0.29, 0.717) is 19.3 Å². The number of unbranched alkanes of at least 4 members (excludes halogenated alkanes) is 21. The summed E-state index contributed by atoms with van der Waals surface area (Å²) in [5.74, 6) is -0.717. The van der Waals surface area contributed by atoms with E-state index in [2.05, 4.69) is 55.6 Å². The smallest absolute Gasteiger partial charge is 0.249 e. The van der Waals surface area contributed by atoms with Gasteiger partial charge in [0, 0.05) is 0 Å². The molecule has 1 amide bonds. The number of hydrogen-bond acceptors (Lipinski definition) is 10. The zero-order valence-electron chi connectivity index (χ0n) is 37.2. The Labute approximate surface area is 358 Å². The Morgan fingerprint density at radius 3 is 1.56 bits per heavy atom. The quantitative estimate of drug-likeness (QED) is 0.0223. The van der Waals surface area contributed by atoms with Crippen LogP contribution in [0.5, 0.6) is 0 Å². The molecule has 0 aliphatic carbocycles. The lowest BCUT2D eigenvalue weighted by atomic mass is 9.98. The first-order chi connectivity index (χ1) is 28.7. The SMILES string of the molecule is CCCC/C=C/CC/C=C/CCCC(O)C(O)C(COC1OC(CO)C(O)C(O)C1O)NC(=O)C(O)CCCCCCCC/C=C\CCCCCCCCCCCCC. The second-order valence-corrected chi connectivity index (χ2v) is 16.8. The van der Waals surface area contributed by atoms with E-state index in [-0.39, 0.29) is 12.8 Å². The van der Waals surface area contributed by atoms with Crippen molar-refractivity contribution in [2.24, 2.45) is 0 Å². The molecule has 1 saturated heterocycles. The highest BCUT2D eigenvalue weighted by molar-refractivity contribution is 5.80. The largest absolute Gasteiger partial charge is 0.394 e. The molecule has 0 aromatic rings. The standard InChI is InChI=1S/C48H89NO10/c1-3-5-7-9-11-13-15-16-17-18-19-20-21-22-23-24-26-28-30-32-34-36-41(52)47(57)49-39(38-58-48-46(56)45(55)44(54)42(37-50)59-48)43(53)40(51)35-33-31-29-27-25-14-12-10-8-6-4-2/h10,12,21-22,27,29,39-46,48,50-56H,3-9,11,13-20,23-26,28,30-38H2,1-2H3,(H,49,57)/b12-10+,22-21-,29-27+. The summed E-state index contributed by atoms with van der Waals surface area (Å²) in [6.07, 6.45) is 32.1. The summed E-state index contributed by atoms with van der Waals surface area (Å²) in [6, 6.07) is -1.19. The molecule has 0 aromatic carbocycles. The first kappa shape index (κ1) is 55.3. The third kappa shape index (κ3) is 27.8. The molecule has 0 aromatic heterocycles. The van der Waals surface area contributed by atoms with Gasteiger partial charge < -0.3 is 50.5 Å². The van der Waals surface area contributed by atoms with Gasteiger partial charge in [-0.3, -0.25) is 4.79 Å². The van der Waals surface area contributed by atoms with Crippen molar-refractivity contribution >= 4 is 5.91 Å². The molecular formula is C48H89NO10. The minimum absolute atomic E-state index is 0.243. The van der Waals surface area contributed by atoms with Gasteiger partial charge in [0.1, 0.15) is 36.6 Å². The molecule has 9 atom stereocenters. The molecule has 346 valence electrons. The van der Waals surface area contributed by atoms with Crippen molar-refractivity contribution in [1.29, 1.82) is 0 Å². The van der Waals surface area contributed by atoms with Crippen LogP contribution >= 0.6 is 0 Å². The topological polar surface area (TPSA) is 189 Å². The minimum Gasteiger partial charge on any atom is -0.394 e. The third-order valence-electron chi connectivity index (χ3n) is 11.4. The maximum absolute atomic E-state index is 13.1. The Kier molecular flexibility index (Phi) is 35.7. The molecule has 0 radical (unpaired) electrons. The Hall–Kier alpha value is -1.67. The van der Waals surface area contributed by atoms with Crippen LogP contribution in [0.15, 0.2) is 36.5 Å². The van der Waals surface area contributed by atoms with E-state index >= 15 is 0 Å². The van der Waals surface area contributed by atoms with Crippen LogP contribution in [-0.4, -0.2) is 110 Å². The number of aliphatic hydroxyl groups excluding tert-OH is 7. The Morgan fingerprint density at radius 1 is 0.576 bits per heavy atom. The lowest BCUT2D eigenvalue weighted by Gasteiger charge is -2.40. The van der Waals surface area contributed by atoms with E-state index in [9.17, 15) is 40.5 Å². The van der Waals surface area contributed by atoms with Gasteiger partial charge in [-0.1, -0.05) is 159 Å². The van der Waals surface area contributed by atoms with E-state index in [1.165, 1.54) is 89.9 Å². The third-order valence-corrected chi connectivity index (χ3v) is 11.4. The van der Waals surface area contributed by atoms with Crippen molar-refractivity contribution in [2.45, 2.75) is 249 Å². The van der Waals surface area contributed by atoms with Crippen molar-refractivity contribution in [1.82, 2.24) is 5.32 Å². The molecule has 0 bridgehead atoms. The fraction of sp³-hybridized carbons (Fsp3) is 0.854. The Balaban J connectivity index is 2.41. The summed E-state index contributed by atoms with van der Waals surface area (Å²) in [6.45, 7) is 3.36. The van der Waals surface area contributed by atoms with E-state index in [4.69, 9.17) is 9.47 Å². The molecule has 11 heteroatoms. The number of rotatable bonds is 39. The monoisotopic (exact) mass is 840 g/mol. The van der Waals surface area contributed by atoms with E-state index in [0.717, 1.165) is 57.8 Å². The van der Waals surface area contributed by atoms with Crippen LogP contribution in [0.4, 0.5) is 0 Å². The summed E-state index contributed by atoms with van der Waals surface area (Å²) < 4.78 is 11.1. The molecule has 0 spiro atoms. The van der Waals surface area contributed by atoms with E-state index in [1.54, 1.807) is 0 Å². The Morgan fingerprint density at radius 2 is 1.03 bits per heavy atom. The van der Waals surface area contributed by atoms with Crippen molar-refractivity contribution in [3.8, 4) is 0 Å². The molecule has 11 nitrogen and oxygen atoms in total. The summed E-state index contributed by atoms with van der Waals surface area (Å²) >= 11 is 0. The first-order valence-electron chi connectivity index (χ1n) is 23.9. The molecule has 1 aliphatic heterocycles. The number of carbonyl (C=O) groups excluding carboxylic acids is 1. The highest BCUT2D eigenvalue weighted by atomic mass is 16.7. The summed E-state index contributed by atoms with van der Waals surface area (Å²) in [5.41, 5.74) is 0. The maximum atomic E-state index is 13.1. The van der Waals surface area contributed by atoms with Gasteiger partial charge in [-0.05, 0) is 70.6 Å². The van der Waals surface area contributed by atoms with Crippen LogP contribution in [0.25, 0.3) is 0 Å².